The molecule has 2 bridgehead atoms. The number of anilines is 1. The van der Waals surface area contributed by atoms with Gasteiger partial charge in [-0.15, -0.1) is 0 Å². The van der Waals surface area contributed by atoms with Crippen LogP contribution in [0.4, 0.5) is 14.7 Å². The van der Waals surface area contributed by atoms with E-state index in [1.807, 2.05) is 0 Å². The van der Waals surface area contributed by atoms with Gasteiger partial charge in [0.2, 0.25) is 5.95 Å². The molecule has 1 unspecified atom stereocenters. The van der Waals surface area contributed by atoms with Crippen molar-refractivity contribution in [2.75, 3.05) is 12.0 Å². The zero-order valence-corrected chi connectivity index (χ0v) is 19.8. The Hall–Kier alpha value is -3.40. The van der Waals surface area contributed by atoms with Crippen LogP contribution in [0.2, 0.25) is 0 Å². The predicted octanol–water partition coefficient (Wildman–Crippen LogP) is 4.79. The second-order valence-electron chi connectivity index (χ2n) is 9.70. The molecule has 36 heavy (non-hydrogen) atoms. The first-order valence-corrected chi connectivity index (χ1v) is 12.3. The Morgan fingerprint density at radius 3 is 2.36 bits per heavy atom. The van der Waals surface area contributed by atoms with Gasteiger partial charge in [-0.2, -0.15) is 0 Å². The standard InChI is InChI=1S/C26H26F2N4O4/c1-34-25(33)15-11-29-26(30-12-15)32-16-7-8-17(32)10-18(9-16)35-13-19-23(31-36-24(19)14-5-6-14)22-20(27)3-2-4-21(22)28/h2-4,11-12,14,16-18H,5-10,13H2,1H3/t16-,17+,18?. The molecule has 10 heteroatoms. The molecule has 2 saturated heterocycles. The van der Waals surface area contributed by atoms with Crippen LogP contribution in [0, 0.1) is 11.6 Å². The summed E-state index contributed by atoms with van der Waals surface area (Å²) in [6.07, 6.45) is 8.47. The number of rotatable bonds is 7. The number of carbonyl (C=O) groups excluding carboxylic acids is 1. The lowest BCUT2D eigenvalue weighted by Crippen LogP contribution is -2.46. The molecule has 3 fully saturated rings. The van der Waals surface area contributed by atoms with Crippen molar-refractivity contribution in [3.8, 4) is 11.3 Å². The Labute approximate surface area is 206 Å². The highest BCUT2D eigenvalue weighted by Gasteiger charge is 2.43. The SMILES string of the molecule is COC(=O)c1cnc(N2[C@@H]3CC[C@H]2CC(OCc2c(-c4c(F)cccc4F)noc2C2CC2)C3)nc1. The van der Waals surface area contributed by atoms with Crippen LogP contribution >= 0.6 is 0 Å². The fraction of sp³-hybridized carbons (Fsp3) is 0.462. The maximum Gasteiger partial charge on any atom is 0.341 e. The van der Waals surface area contributed by atoms with Crippen molar-refractivity contribution in [3.05, 3.63) is 59.1 Å². The fourth-order valence-corrected chi connectivity index (χ4v) is 5.52. The van der Waals surface area contributed by atoms with Crippen LogP contribution in [0.1, 0.15) is 66.1 Å². The van der Waals surface area contributed by atoms with Crippen molar-refractivity contribution in [1.82, 2.24) is 15.1 Å². The quantitative estimate of drug-likeness (QED) is 0.431. The summed E-state index contributed by atoms with van der Waals surface area (Å²) in [4.78, 5) is 22.7. The van der Waals surface area contributed by atoms with Gasteiger partial charge >= 0.3 is 5.97 Å². The summed E-state index contributed by atoms with van der Waals surface area (Å²) in [5.74, 6) is -0.311. The first-order chi connectivity index (χ1) is 17.5. The number of benzene rings is 1. The predicted molar refractivity (Wildman–Crippen MR) is 124 cm³/mol. The molecule has 3 aromatic rings. The molecule has 0 amide bonds. The van der Waals surface area contributed by atoms with Gasteiger partial charge in [0.05, 0.1) is 30.9 Å². The summed E-state index contributed by atoms with van der Waals surface area (Å²) in [5, 5.41) is 4.06. The molecule has 0 spiro atoms. The van der Waals surface area contributed by atoms with Crippen molar-refractivity contribution >= 4 is 11.9 Å². The lowest BCUT2D eigenvalue weighted by molar-refractivity contribution is 0.0144. The van der Waals surface area contributed by atoms with Gasteiger partial charge in [0.1, 0.15) is 23.1 Å². The van der Waals surface area contributed by atoms with E-state index in [9.17, 15) is 13.6 Å². The van der Waals surface area contributed by atoms with Crippen LogP contribution in [0.15, 0.2) is 35.1 Å². The summed E-state index contributed by atoms with van der Waals surface area (Å²) in [6.45, 7) is 0.187. The third kappa shape index (κ3) is 4.13. The summed E-state index contributed by atoms with van der Waals surface area (Å²) in [6, 6.07) is 4.21. The average Bonchev–Trinajstić information content (AvgIpc) is 3.59. The van der Waals surface area contributed by atoms with Crippen molar-refractivity contribution < 1.29 is 27.6 Å². The minimum absolute atomic E-state index is 0.0200. The normalized spacial score (nSPS) is 23.2. The molecule has 0 N–H and O–H groups in total. The fourth-order valence-electron chi connectivity index (χ4n) is 5.52. The van der Waals surface area contributed by atoms with E-state index in [2.05, 4.69) is 20.0 Å². The number of nitrogens with zero attached hydrogens (tertiary/aromatic N) is 4. The monoisotopic (exact) mass is 496 g/mol. The van der Waals surface area contributed by atoms with E-state index in [1.54, 1.807) is 0 Å². The molecule has 1 aliphatic carbocycles. The second-order valence-corrected chi connectivity index (χ2v) is 9.70. The van der Waals surface area contributed by atoms with Crippen LogP contribution < -0.4 is 4.90 Å². The second kappa shape index (κ2) is 9.24. The summed E-state index contributed by atoms with van der Waals surface area (Å²) >= 11 is 0. The van der Waals surface area contributed by atoms with Gasteiger partial charge in [-0.1, -0.05) is 11.2 Å². The molecule has 1 aromatic carbocycles. The molecule has 2 aromatic heterocycles. The van der Waals surface area contributed by atoms with E-state index < -0.39 is 17.6 Å². The summed E-state index contributed by atoms with van der Waals surface area (Å²) < 4.78 is 45.7. The Balaban J connectivity index is 1.18. The molecule has 188 valence electrons. The number of hydrogen-bond donors (Lipinski definition) is 0. The minimum atomic E-state index is -0.670. The lowest BCUT2D eigenvalue weighted by atomic mass is 9.99. The van der Waals surface area contributed by atoms with Gasteiger partial charge in [0.15, 0.2) is 0 Å². The molecular weight excluding hydrogens is 470 g/mol. The van der Waals surface area contributed by atoms with Gasteiger partial charge in [-0.25, -0.2) is 23.5 Å². The van der Waals surface area contributed by atoms with E-state index >= 15 is 0 Å². The number of halogens is 2. The summed E-state index contributed by atoms with van der Waals surface area (Å²) in [5.41, 5.74) is 0.966. The van der Waals surface area contributed by atoms with Crippen molar-refractivity contribution in [1.29, 1.82) is 0 Å². The zero-order chi connectivity index (χ0) is 24.8. The Bertz CT molecular complexity index is 1240. The van der Waals surface area contributed by atoms with Crippen LogP contribution in [0.3, 0.4) is 0 Å². The van der Waals surface area contributed by atoms with Crippen LogP contribution in [0.5, 0.6) is 0 Å². The van der Waals surface area contributed by atoms with Gasteiger partial charge in [-0.3, -0.25) is 0 Å². The molecule has 3 atom stereocenters. The number of methoxy groups -OCH3 is 1. The molecule has 8 nitrogen and oxygen atoms in total. The third-order valence-electron chi connectivity index (χ3n) is 7.41. The molecule has 4 heterocycles. The number of carbonyl (C=O) groups is 1. The maximum atomic E-state index is 14.5. The first-order valence-electron chi connectivity index (χ1n) is 12.3. The minimum Gasteiger partial charge on any atom is -0.465 e. The molecule has 3 aliphatic rings. The number of aromatic nitrogens is 3. The number of esters is 1. The summed E-state index contributed by atoms with van der Waals surface area (Å²) in [7, 11) is 1.32. The van der Waals surface area contributed by atoms with Gasteiger partial charge in [0, 0.05) is 36.0 Å². The number of hydrogen-bond acceptors (Lipinski definition) is 8. The molecule has 0 radical (unpaired) electrons. The van der Waals surface area contributed by atoms with Crippen LogP contribution in [0.25, 0.3) is 11.3 Å². The Kier molecular flexibility index (Phi) is 5.91. The van der Waals surface area contributed by atoms with Crippen LogP contribution in [-0.4, -0.2) is 46.4 Å². The first kappa shape index (κ1) is 23.0. The third-order valence-corrected chi connectivity index (χ3v) is 7.41. The molecule has 1 saturated carbocycles. The van der Waals surface area contributed by atoms with Crippen molar-refractivity contribution in [2.45, 2.75) is 69.2 Å². The smallest absolute Gasteiger partial charge is 0.341 e. The number of piperidine rings is 1. The van der Waals surface area contributed by atoms with Crippen LogP contribution in [-0.2, 0) is 16.1 Å². The van der Waals surface area contributed by atoms with E-state index in [1.165, 1.54) is 37.7 Å². The van der Waals surface area contributed by atoms with Crippen molar-refractivity contribution in [2.24, 2.45) is 0 Å². The number of fused-ring (bicyclic) bond motifs is 2. The lowest BCUT2D eigenvalue weighted by Gasteiger charge is -2.38. The molecular formula is C26H26F2N4O4. The van der Waals surface area contributed by atoms with Gasteiger partial charge in [-0.05, 0) is 50.7 Å². The zero-order valence-electron chi connectivity index (χ0n) is 19.8. The van der Waals surface area contributed by atoms with Crippen molar-refractivity contribution in [3.63, 3.8) is 0 Å². The van der Waals surface area contributed by atoms with E-state index in [-0.39, 0.29) is 42.0 Å². The topological polar surface area (TPSA) is 90.6 Å². The Morgan fingerprint density at radius 2 is 1.75 bits per heavy atom. The van der Waals surface area contributed by atoms with Gasteiger partial charge in [0.25, 0.3) is 0 Å². The average molecular weight is 497 g/mol. The highest BCUT2D eigenvalue weighted by Crippen LogP contribution is 2.45. The highest BCUT2D eigenvalue weighted by atomic mass is 19.1. The highest BCUT2D eigenvalue weighted by molar-refractivity contribution is 5.88. The Morgan fingerprint density at radius 1 is 1.08 bits per heavy atom. The number of ether oxygens (including phenoxy) is 2. The largest absolute Gasteiger partial charge is 0.465 e. The van der Waals surface area contributed by atoms with Gasteiger partial charge < -0.3 is 18.9 Å². The molecule has 2 aliphatic heterocycles. The van der Waals surface area contributed by atoms with E-state index in [4.69, 9.17) is 14.0 Å². The maximum absolute atomic E-state index is 14.5. The molecule has 6 rings (SSSR count). The van der Waals surface area contributed by atoms with E-state index in [0.717, 1.165) is 38.5 Å². The van der Waals surface area contributed by atoms with E-state index in [0.29, 0.717) is 22.8 Å².